The van der Waals surface area contributed by atoms with Crippen LogP contribution in [0, 0.1) is 0 Å². The average molecular weight is 655 g/mol. The van der Waals surface area contributed by atoms with Crippen molar-refractivity contribution >= 4 is 136 Å². The van der Waals surface area contributed by atoms with E-state index < -0.39 is 109 Å². The van der Waals surface area contributed by atoms with E-state index in [1.165, 1.54) is 0 Å². The first-order valence-corrected chi connectivity index (χ1v) is 9.65. The minimum atomic E-state index is -3.39. The van der Waals surface area contributed by atoms with Crippen LogP contribution < -0.4 is 0 Å². The molecule has 21 nitrogen and oxygen atoms in total. The molecule has 0 rings (SSSR count). The molecule has 23 heteroatoms. The van der Waals surface area contributed by atoms with Crippen molar-refractivity contribution in [2.24, 2.45) is 0 Å². The molecule has 0 aromatic rings. The van der Waals surface area contributed by atoms with E-state index in [9.17, 15) is 63.3 Å². The molecular formula is C18H22Ca2O21. The summed E-state index contributed by atoms with van der Waals surface area (Å²) in [6, 6.07) is 0. The molecule has 41 heavy (non-hydrogen) atoms. The van der Waals surface area contributed by atoms with Crippen LogP contribution in [0.3, 0.4) is 0 Å². The number of hydrogen-bond acceptors (Lipinski definition) is 15. The maximum atomic E-state index is 12.2. The molecule has 0 aromatic heterocycles. The molecule has 0 fully saturated rings. The molecule has 3 unspecified atom stereocenters. The fourth-order valence-corrected chi connectivity index (χ4v) is 2.64. The van der Waals surface area contributed by atoms with Gasteiger partial charge in [0.25, 0.3) is 0 Å². The number of carboxylic acids is 4. The zero-order valence-electron chi connectivity index (χ0n) is 24.4. The molecule has 0 saturated carbocycles. The second-order valence-electron chi connectivity index (χ2n) is 7.19. The summed E-state index contributed by atoms with van der Waals surface area (Å²) in [5.41, 5.74) is -6.73. The SMILES string of the molecule is O=C(O)CC(CC(=O)OC(=O)O)(OC(=O)CC(O)C(=O)OC(CC(=O)O)(CC(=O)OC(=O)O)C(=O)O)C(=O)O.[Ca+2].[Ca+2].[H-].[H-].[H-].[H-]. The molecule has 0 bridgehead atoms. The summed E-state index contributed by atoms with van der Waals surface area (Å²) in [6.07, 6.45) is -15.8. The van der Waals surface area contributed by atoms with Crippen LogP contribution >= 0.6 is 0 Å². The third kappa shape index (κ3) is 15.1. The summed E-state index contributed by atoms with van der Waals surface area (Å²) in [5.74, 6) is -16.6. The zero-order chi connectivity index (χ0) is 30.7. The Hall–Kier alpha value is -2.82. The Morgan fingerprint density at radius 2 is 0.902 bits per heavy atom. The number of aliphatic hydroxyl groups excluding tert-OH is 1. The van der Waals surface area contributed by atoms with Gasteiger partial charge in [0.05, 0.1) is 32.1 Å². The van der Waals surface area contributed by atoms with Crippen LogP contribution in [0.1, 0.15) is 37.8 Å². The van der Waals surface area contributed by atoms with Crippen LogP contribution in [0.15, 0.2) is 0 Å². The normalized spacial score (nSPS) is 13.5. The van der Waals surface area contributed by atoms with Crippen LogP contribution in [-0.2, 0) is 57.3 Å². The minimum absolute atomic E-state index is 0. The quantitative estimate of drug-likeness (QED) is 0.0409. The van der Waals surface area contributed by atoms with Gasteiger partial charge in [0.15, 0.2) is 6.10 Å². The number of esters is 4. The Morgan fingerprint density at radius 3 is 1.20 bits per heavy atom. The monoisotopic (exact) mass is 654 g/mol. The summed E-state index contributed by atoms with van der Waals surface area (Å²) in [6.45, 7) is 0. The maximum absolute atomic E-state index is 12.2. The zero-order valence-corrected chi connectivity index (χ0v) is 24.8. The molecule has 7 N–H and O–H groups in total. The van der Waals surface area contributed by atoms with Crippen molar-refractivity contribution in [3.8, 4) is 0 Å². The van der Waals surface area contributed by atoms with Crippen LogP contribution in [0.25, 0.3) is 0 Å². The van der Waals surface area contributed by atoms with E-state index >= 15 is 0 Å². The van der Waals surface area contributed by atoms with Crippen molar-refractivity contribution < 1.29 is 108 Å². The van der Waals surface area contributed by atoms with E-state index in [4.69, 9.17) is 20.4 Å². The molecule has 224 valence electrons. The molecule has 0 aliphatic rings. The molecule has 0 radical (unpaired) electrons. The number of carbonyl (C=O) groups is 10. The van der Waals surface area contributed by atoms with Gasteiger partial charge in [-0.05, 0) is 0 Å². The number of ether oxygens (including phenoxy) is 4. The number of rotatable bonds is 15. The third-order valence-corrected chi connectivity index (χ3v) is 4.15. The largest absolute Gasteiger partial charge is 2.00 e. The Kier molecular flexibility index (Phi) is 19.3. The van der Waals surface area contributed by atoms with E-state index in [0.717, 1.165) is 0 Å². The van der Waals surface area contributed by atoms with Gasteiger partial charge >= 0.3 is 136 Å². The first kappa shape index (κ1) is 42.6. The minimum Gasteiger partial charge on any atom is -1.00 e. The van der Waals surface area contributed by atoms with Crippen molar-refractivity contribution in [3.63, 3.8) is 0 Å². The fraction of sp³-hybridized carbons (Fsp3) is 0.444. The summed E-state index contributed by atoms with van der Waals surface area (Å²) < 4.78 is 16.0. The van der Waals surface area contributed by atoms with Gasteiger partial charge in [0.1, 0.15) is 0 Å². The second kappa shape index (κ2) is 18.6. The van der Waals surface area contributed by atoms with Crippen LogP contribution in [0.2, 0.25) is 0 Å². The van der Waals surface area contributed by atoms with Crippen LogP contribution in [0.5, 0.6) is 0 Å². The van der Waals surface area contributed by atoms with E-state index in [2.05, 4.69) is 18.9 Å². The van der Waals surface area contributed by atoms with Gasteiger partial charge in [-0.25, -0.2) is 24.0 Å². The van der Waals surface area contributed by atoms with E-state index in [0.29, 0.717) is 0 Å². The van der Waals surface area contributed by atoms with Crippen molar-refractivity contribution in [2.75, 3.05) is 0 Å². The van der Waals surface area contributed by atoms with Gasteiger partial charge in [-0.2, -0.15) is 0 Å². The van der Waals surface area contributed by atoms with Crippen molar-refractivity contribution in [3.05, 3.63) is 0 Å². The number of carboxylic acid groups (broad SMARTS) is 6. The topological polar surface area (TPSA) is 349 Å². The van der Waals surface area contributed by atoms with E-state index in [-0.39, 0.29) is 81.2 Å². The number of carbonyl (C=O) groups excluding carboxylic acids is 4. The smallest absolute Gasteiger partial charge is 1.00 e. The van der Waals surface area contributed by atoms with Gasteiger partial charge in [-0.1, -0.05) is 0 Å². The molecule has 3 atom stereocenters. The van der Waals surface area contributed by atoms with E-state index in [1.54, 1.807) is 0 Å². The molecule has 0 aliphatic heterocycles. The van der Waals surface area contributed by atoms with Crippen molar-refractivity contribution in [2.45, 2.75) is 49.4 Å². The Bertz CT molecular complexity index is 1100. The maximum Gasteiger partial charge on any atom is 2.00 e. The number of aliphatic hydroxyl groups is 1. The van der Waals surface area contributed by atoms with Gasteiger partial charge in [0.2, 0.25) is 11.2 Å². The second-order valence-corrected chi connectivity index (χ2v) is 7.19. The fourth-order valence-electron chi connectivity index (χ4n) is 2.64. The summed E-state index contributed by atoms with van der Waals surface area (Å²) in [7, 11) is 0. The standard InChI is InChI=1S/C18H18O21.2Ca.4H/c19-6(12(27)39-18(14(30)31,3-8(22)23)5-11(26)37-16(34)35)1-9(24)38-17(13(28)29,2-7(20)21)4-10(25)36-15(32)33;;;;;;/h6,19H,1-5H2,(H,20,21)(H,22,23)(H,28,29)(H,30,31)(H,32,33)(H,34,35);;;;;;/q;2*+2;4*-1. The van der Waals surface area contributed by atoms with Crippen LogP contribution in [-0.4, -0.2) is 189 Å². The van der Waals surface area contributed by atoms with Gasteiger partial charge < -0.3 is 60.4 Å². The predicted octanol–water partition coefficient (Wildman–Crippen LogP) is -2.67. The van der Waals surface area contributed by atoms with E-state index in [1.807, 2.05) is 0 Å². The third-order valence-electron chi connectivity index (χ3n) is 4.15. The molecular weight excluding hydrogens is 632 g/mol. The molecule has 0 amide bonds. The van der Waals surface area contributed by atoms with Crippen molar-refractivity contribution in [1.82, 2.24) is 0 Å². The summed E-state index contributed by atoms with van der Waals surface area (Å²) >= 11 is 0. The van der Waals surface area contributed by atoms with Gasteiger partial charge in [-0.15, -0.1) is 0 Å². The predicted molar refractivity (Wildman–Crippen MR) is 121 cm³/mol. The molecule has 0 spiro atoms. The molecule has 0 saturated heterocycles. The Morgan fingerprint density at radius 1 is 0.561 bits per heavy atom. The number of hydrogen-bond donors (Lipinski definition) is 7. The molecule has 0 aromatic carbocycles. The Labute approximate surface area is 291 Å². The van der Waals surface area contributed by atoms with Gasteiger partial charge in [-0.3, -0.25) is 24.0 Å². The first-order valence-electron chi connectivity index (χ1n) is 9.65. The summed E-state index contributed by atoms with van der Waals surface area (Å²) in [5, 5.41) is 63.3. The Balaban J connectivity index is -0.000000481. The molecule has 0 aliphatic carbocycles. The average Bonchev–Trinajstić information content (AvgIpc) is 2.70. The molecule has 0 heterocycles. The van der Waals surface area contributed by atoms with Gasteiger partial charge in [0, 0.05) is 0 Å². The van der Waals surface area contributed by atoms with Crippen LogP contribution in [0.4, 0.5) is 9.59 Å². The number of aliphatic carboxylic acids is 4. The van der Waals surface area contributed by atoms with Crippen molar-refractivity contribution in [1.29, 1.82) is 0 Å². The first-order chi connectivity index (χ1) is 17.7. The summed E-state index contributed by atoms with van der Waals surface area (Å²) in [4.78, 5) is 114.